The molecule has 1 aliphatic heterocycles. The molecular weight excluding hydrogens is 338 g/mol. The lowest BCUT2D eigenvalue weighted by atomic mass is 10.1. The second-order valence-corrected chi connectivity index (χ2v) is 8.14. The van der Waals surface area contributed by atoms with Gasteiger partial charge in [0.15, 0.2) is 9.84 Å². The van der Waals surface area contributed by atoms with E-state index in [1.807, 2.05) is 18.2 Å². The van der Waals surface area contributed by atoms with Gasteiger partial charge in [0.25, 0.3) is 0 Å². The first kappa shape index (κ1) is 14.3. The van der Waals surface area contributed by atoms with Gasteiger partial charge in [-0.1, -0.05) is 17.7 Å². The van der Waals surface area contributed by atoms with E-state index < -0.39 is 9.84 Å². The molecular formula is C12H15BrClNO2S. The molecule has 1 fully saturated rings. The molecule has 0 amide bonds. The van der Waals surface area contributed by atoms with Crippen LogP contribution in [0.4, 0.5) is 0 Å². The smallest absolute Gasteiger partial charge is 0.150 e. The maximum absolute atomic E-state index is 11.3. The standard InChI is InChI=1S/C12H15BrClNO2S/c13-11-2-1-9(5-12(11)14)6-15-7-10-3-4-18(16,17)8-10/h1-2,5,10,15H,3-4,6-8H2. The summed E-state index contributed by atoms with van der Waals surface area (Å²) in [5.41, 5.74) is 1.10. The van der Waals surface area contributed by atoms with Crippen LogP contribution >= 0.6 is 27.5 Å². The van der Waals surface area contributed by atoms with Gasteiger partial charge in [-0.05, 0) is 52.5 Å². The molecule has 1 unspecified atom stereocenters. The Morgan fingerprint density at radius 3 is 2.83 bits per heavy atom. The highest BCUT2D eigenvalue weighted by Gasteiger charge is 2.27. The van der Waals surface area contributed by atoms with Gasteiger partial charge in [0.1, 0.15) is 0 Å². The zero-order valence-corrected chi connectivity index (χ0v) is 13.0. The molecule has 0 saturated carbocycles. The van der Waals surface area contributed by atoms with Crippen LogP contribution in [0.1, 0.15) is 12.0 Å². The average molecular weight is 353 g/mol. The molecule has 1 saturated heterocycles. The molecule has 1 atom stereocenters. The minimum atomic E-state index is -2.77. The lowest BCUT2D eigenvalue weighted by molar-refractivity contribution is 0.521. The zero-order chi connectivity index (χ0) is 13.2. The Morgan fingerprint density at radius 2 is 2.22 bits per heavy atom. The highest BCUT2D eigenvalue weighted by molar-refractivity contribution is 9.10. The first-order chi connectivity index (χ1) is 8.46. The van der Waals surface area contributed by atoms with Crippen molar-refractivity contribution in [2.45, 2.75) is 13.0 Å². The van der Waals surface area contributed by atoms with Crippen molar-refractivity contribution < 1.29 is 8.42 Å². The van der Waals surface area contributed by atoms with Crippen LogP contribution in [0.5, 0.6) is 0 Å². The van der Waals surface area contributed by atoms with Crippen molar-refractivity contribution in [2.75, 3.05) is 18.1 Å². The number of hydrogen-bond donors (Lipinski definition) is 1. The summed E-state index contributed by atoms with van der Waals surface area (Å²) in [6, 6.07) is 5.82. The number of nitrogens with one attached hydrogen (secondary N) is 1. The summed E-state index contributed by atoms with van der Waals surface area (Å²) in [4.78, 5) is 0. The fourth-order valence-corrected chi connectivity index (χ4v) is 4.41. The van der Waals surface area contributed by atoms with Crippen molar-refractivity contribution >= 4 is 37.4 Å². The molecule has 1 aliphatic rings. The lowest BCUT2D eigenvalue weighted by Gasteiger charge is -2.10. The fourth-order valence-electron chi connectivity index (χ4n) is 2.10. The van der Waals surface area contributed by atoms with Gasteiger partial charge in [-0.2, -0.15) is 0 Å². The molecule has 1 heterocycles. The Morgan fingerprint density at radius 1 is 1.44 bits per heavy atom. The Hall–Kier alpha value is -0.100. The maximum atomic E-state index is 11.3. The van der Waals surface area contributed by atoms with E-state index in [4.69, 9.17) is 11.6 Å². The van der Waals surface area contributed by atoms with Crippen molar-refractivity contribution in [1.29, 1.82) is 0 Å². The van der Waals surface area contributed by atoms with Gasteiger partial charge in [-0.15, -0.1) is 0 Å². The second-order valence-electron chi connectivity index (χ2n) is 4.65. The van der Waals surface area contributed by atoms with Crippen LogP contribution in [-0.4, -0.2) is 26.5 Å². The summed E-state index contributed by atoms with van der Waals surface area (Å²) in [6.07, 6.45) is 0.774. The van der Waals surface area contributed by atoms with Crippen LogP contribution in [0.15, 0.2) is 22.7 Å². The molecule has 6 heteroatoms. The Kier molecular flexibility index (Phi) is 4.69. The quantitative estimate of drug-likeness (QED) is 0.906. The van der Waals surface area contributed by atoms with Gasteiger partial charge in [-0.3, -0.25) is 0 Å². The summed E-state index contributed by atoms with van der Waals surface area (Å²) in [5.74, 6) is 0.908. The van der Waals surface area contributed by atoms with Crippen LogP contribution in [0.25, 0.3) is 0 Å². The number of rotatable bonds is 4. The summed E-state index contributed by atoms with van der Waals surface area (Å²) in [5, 5.41) is 3.98. The molecule has 0 spiro atoms. The Labute approximate surface area is 121 Å². The minimum Gasteiger partial charge on any atom is -0.312 e. The highest BCUT2D eigenvalue weighted by Crippen LogP contribution is 2.23. The van der Waals surface area contributed by atoms with Gasteiger partial charge in [0.05, 0.1) is 16.5 Å². The topological polar surface area (TPSA) is 46.2 Å². The molecule has 18 heavy (non-hydrogen) atoms. The van der Waals surface area contributed by atoms with E-state index in [0.29, 0.717) is 23.1 Å². The molecule has 0 aromatic heterocycles. The van der Waals surface area contributed by atoms with E-state index in [9.17, 15) is 8.42 Å². The van der Waals surface area contributed by atoms with E-state index >= 15 is 0 Å². The van der Waals surface area contributed by atoms with Crippen molar-refractivity contribution in [1.82, 2.24) is 5.32 Å². The molecule has 1 N–H and O–H groups in total. The maximum Gasteiger partial charge on any atom is 0.150 e. The molecule has 0 radical (unpaired) electrons. The summed E-state index contributed by atoms with van der Waals surface area (Å²) < 4.78 is 23.5. The predicted octanol–water partition coefficient (Wildman–Crippen LogP) is 2.63. The molecule has 0 bridgehead atoms. The van der Waals surface area contributed by atoms with Gasteiger partial charge in [0.2, 0.25) is 0 Å². The van der Waals surface area contributed by atoms with E-state index in [1.54, 1.807) is 0 Å². The average Bonchev–Trinajstić information content (AvgIpc) is 2.63. The lowest BCUT2D eigenvalue weighted by Crippen LogP contribution is -2.23. The predicted molar refractivity (Wildman–Crippen MR) is 77.6 cm³/mol. The zero-order valence-electron chi connectivity index (χ0n) is 9.83. The van der Waals surface area contributed by atoms with Crippen LogP contribution < -0.4 is 5.32 Å². The molecule has 100 valence electrons. The van der Waals surface area contributed by atoms with Gasteiger partial charge < -0.3 is 5.32 Å². The number of sulfone groups is 1. The summed E-state index contributed by atoms with van der Waals surface area (Å²) >= 11 is 9.35. The highest BCUT2D eigenvalue weighted by atomic mass is 79.9. The van der Waals surface area contributed by atoms with Crippen LogP contribution in [0.2, 0.25) is 5.02 Å². The van der Waals surface area contributed by atoms with Gasteiger partial charge in [-0.25, -0.2) is 8.42 Å². The minimum absolute atomic E-state index is 0.251. The Balaban J connectivity index is 1.80. The molecule has 1 aromatic rings. The van der Waals surface area contributed by atoms with Crippen molar-refractivity contribution in [3.63, 3.8) is 0 Å². The summed E-state index contributed by atoms with van der Waals surface area (Å²) in [7, 11) is -2.77. The SMILES string of the molecule is O=S1(=O)CCC(CNCc2ccc(Br)c(Cl)c2)C1. The Bertz CT molecular complexity index is 533. The largest absolute Gasteiger partial charge is 0.312 e. The van der Waals surface area contributed by atoms with E-state index in [1.165, 1.54) is 0 Å². The van der Waals surface area contributed by atoms with E-state index in [2.05, 4.69) is 21.2 Å². The van der Waals surface area contributed by atoms with Crippen molar-refractivity contribution in [3.8, 4) is 0 Å². The molecule has 3 nitrogen and oxygen atoms in total. The first-order valence-electron chi connectivity index (χ1n) is 5.81. The van der Waals surface area contributed by atoms with Gasteiger partial charge in [0, 0.05) is 11.0 Å². The summed E-state index contributed by atoms with van der Waals surface area (Å²) in [6.45, 7) is 1.45. The monoisotopic (exact) mass is 351 g/mol. The third-order valence-corrected chi connectivity index (χ3v) is 6.14. The fraction of sp³-hybridized carbons (Fsp3) is 0.500. The van der Waals surface area contributed by atoms with E-state index in [-0.39, 0.29) is 5.92 Å². The van der Waals surface area contributed by atoms with Crippen LogP contribution in [0, 0.1) is 5.92 Å². The molecule has 2 rings (SSSR count). The van der Waals surface area contributed by atoms with Gasteiger partial charge >= 0.3 is 0 Å². The third kappa shape index (κ3) is 3.95. The van der Waals surface area contributed by atoms with Crippen LogP contribution in [0.3, 0.4) is 0 Å². The third-order valence-electron chi connectivity index (χ3n) is 3.07. The number of hydrogen-bond acceptors (Lipinski definition) is 3. The number of halogens is 2. The van der Waals surface area contributed by atoms with E-state index in [0.717, 1.165) is 23.0 Å². The van der Waals surface area contributed by atoms with Crippen molar-refractivity contribution in [2.24, 2.45) is 5.92 Å². The van der Waals surface area contributed by atoms with Crippen LogP contribution in [-0.2, 0) is 16.4 Å². The normalized spacial score (nSPS) is 22.2. The number of benzene rings is 1. The molecule has 0 aliphatic carbocycles. The first-order valence-corrected chi connectivity index (χ1v) is 8.80. The molecule has 1 aromatic carbocycles. The van der Waals surface area contributed by atoms with Crippen molar-refractivity contribution in [3.05, 3.63) is 33.3 Å². The second kappa shape index (κ2) is 5.90.